The normalized spacial score (nSPS) is 15.5. The van der Waals surface area contributed by atoms with E-state index in [1.54, 1.807) is 6.07 Å². The lowest BCUT2D eigenvalue weighted by molar-refractivity contribution is 0.210. The second-order valence-corrected chi connectivity index (χ2v) is 7.85. The molecular formula is C23H26ClN3O2. The SMILES string of the molecule is CCOc1cc(CN2CCC(Nc3ccc4cccc(Cl)c4n3)CC2)ccc1O. The number of pyridine rings is 1. The summed E-state index contributed by atoms with van der Waals surface area (Å²) in [6.07, 6.45) is 2.11. The van der Waals surface area contributed by atoms with Crippen LogP contribution in [0, 0.1) is 0 Å². The first-order chi connectivity index (χ1) is 14.1. The standard InChI is InChI=1S/C23H26ClN3O2/c1-2-29-21-14-16(6-8-20(21)28)15-27-12-10-18(11-13-27)25-22-9-7-17-4-3-5-19(24)23(17)26-22/h3-9,14,18,28H,2,10-13,15H2,1H3,(H,25,26). The molecule has 3 aromatic rings. The number of nitrogens with one attached hydrogen (secondary N) is 1. The van der Waals surface area contributed by atoms with Crippen molar-refractivity contribution in [3.8, 4) is 11.5 Å². The summed E-state index contributed by atoms with van der Waals surface area (Å²) in [5.74, 6) is 1.63. The number of benzene rings is 2. The molecule has 0 amide bonds. The minimum Gasteiger partial charge on any atom is -0.504 e. The third-order valence-corrected chi connectivity index (χ3v) is 5.65. The largest absolute Gasteiger partial charge is 0.504 e. The second-order valence-electron chi connectivity index (χ2n) is 7.44. The molecule has 0 spiro atoms. The fourth-order valence-corrected chi connectivity index (χ4v) is 4.05. The van der Waals surface area contributed by atoms with Crippen LogP contribution >= 0.6 is 11.6 Å². The lowest BCUT2D eigenvalue weighted by atomic mass is 10.0. The Hall–Kier alpha value is -2.50. The van der Waals surface area contributed by atoms with E-state index < -0.39 is 0 Å². The van der Waals surface area contributed by atoms with Crippen molar-refractivity contribution in [2.75, 3.05) is 25.0 Å². The number of halogens is 1. The van der Waals surface area contributed by atoms with E-state index >= 15 is 0 Å². The first-order valence-electron chi connectivity index (χ1n) is 10.1. The fourth-order valence-electron chi connectivity index (χ4n) is 3.82. The van der Waals surface area contributed by atoms with Gasteiger partial charge in [0, 0.05) is 31.1 Å². The van der Waals surface area contributed by atoms with Gasteiger partial charge in [0.15, 0.2) is 11.5 Å². The number of piperidine rings is 1. The average Bonchev–Trinajstić information content (AvgIpc) is 2.73. The predicted molar refractivity (Wildman–Crippen MR) is 118 cm³/mol. The Balaban J connectivity index is 1.34. The molecule has 152 valence electrons. The molecule has 2 heterocycles. The number of likely N-dealkylation sites (tertiary alicyclic amines) is 1. The van der Waals surface area contributed by atoms with Crippen LogP contribution in [0.5, 0.6) is 11.5 Å². The van der Waals surface area contributed by atoms with E-state index in [9.17, 15) is 5.11 Å². The number of hydrogen-bond donors (Lipinski definition) is 2. The van der Waals surface area contributed by atoms with Crippen molar-refractivity contribution in [1.82, 2.24) is 9.88 Å². The molecule has 0 unspecified atom stereocenters. The van der Waals surface area contributed by atoms with Gasteiger partial charge in [-0.1, -0.05) is 29.8 Å². The van der Waals surface area contributed by atoms with E-state index in [1.807, 2.05) is 43.3 Å². The zero-order valence-corrected chi connectivity index (χ0v) is 17.3. The number of anilines is 1. The van der Waals surface area contributed by atoms with Crippen LogP contribution in [0.3, 0.4) is 0 Å². The second kappa shape index (κ2) is 8.89. The first-order valence-corrected chi connectivity index (χ1v) is 10.5. The molecule has 1 aliphatic heterocycles. The minimum atomic E-state index is 0.196. The van der Waals surface area contributed by atoms with Crippen LogP contribution in [0.25, 0.3) is 10.9 Å². The van der Waals surface area contributed by atoms with Gasteiger partial charge in [0.05, 0.1) is 17.1 Å². The molecule has 0 saturated carbocycles. The average molecular weight is 412 g/mol. The zero-order valence-electron chi connectivity index (χ0n) is 16.6. The number of phenolic OH excluding ortho intramolecular Hbond substituents is 1. The minimum absolute atomic E-state index is 0.196. The van der Waals surface area contributed by atoms with Gasteiger partial charge in [-0.05, 0) is 55.7 Å². The van der Waals surface area contributed by atoms with Gasteiger partial charge in [-0.3, -0.25) is 4.90 Å². The smallest absolute Gasteiger partial charge is 0.161 e. The van der Waals surface area contributed by atoms with E-state index in [0.29, 0.717) is 23.4 Å². The van der Waals surface area contributed by atoms with Crippen LogP contribution in [0.4, 0.5) is 5.82 Å². The molecule has 29 heavy (non-hydrogen) atoms. The number of fused-ring (bicyclic) bond motifs is 1. The lowest BCUT2D eigenvalue weighted by Crippen LogP contribution is -2.38. The quantitative estimate of drug-likeness (QED) is 0.593. The summed E-state index contributed by atoms with van der Waals surface area (Å²) in [4.78, 5) is 7.13. The highest BCUT2D eigenvalue weighted by molar-refractivity contribution is 6.35. The predicted octanol–water partition coefficient (Wildman–Crippen LogP) is 5.07. The molecular weight excluding hydrogens is 386 g/mol. The van der Waals surface area contributed by atoms with Crippen LogP contribution in [-0.2, 0) is 6.54 Å². The van der Waals surface area contributed by atoms with Crippen molar-refractivity contribution in [3.63, 3.8) is 0 Å². The summed E-state index contributed by atoms with van der Waals surface area (Å²) < 4.78 is 5.49. The van der Waals surface area contributed by atoms with Crippen LogP contribution in [-0.4, -0.2) is 40.7 Å². The highest BCUT2D eigenvalue weighted by Gasteiger charge is 2.20. The fraction of sp³-hybridized carbons (Fsp3) is 0.348. The molecule has 1 aromatic heterocycles. The van der Waals surface area contributed by atoms with Gasteiger partial charge < -0.3 is 15.2 Å². The summed E-state index contributed by atoms with van der Waals surface area (Å²) in [6, 6.07) is 15.9. The third kappa shape index (κ3) is 4.74. The summed E-state index contributed by atoms with van der Waals surface area (Å²) in [7, 11) is 0. The molecule has 0 atom stereocenters. The Morgan fingerprint density at radius 3 is 2.79 bits per heavy atom. The molecule has 4 rings (SSSR count). The third-order valence-electron chi connectivity index (χ3n) is 5.34. The van der Waals surface area contributed by atoms with Gasteiger partial charge >= 0.3 is 0 Å². The number of phenols is 1. The number of ether oxygens (including phenoxy) is 1. The maximum atomic E-state index is 9.87. The van der Waals surface area contributed by atoms with Crippen LogP contribution in [0.2, 0.25) is 5.02 Å². The monoisotopic (exact) mass is 411 g/mol. The van der Waals surface area contributed by atoms with Crippen LogP contribution in [0.1, 0.15) is 25.3 Å². The van der Waals surface area contributed by atoms with Crippen LogP contribution in [0.15, 0.2) is 48.5 Å². The van der Waals surface area contributed by atoms with Gasteiger partial charge in [0.25, 0.3) is 0 Å². The number of para-hydroxylation sites is 1. The van der Waals surface area contributed by atoms with Gasteiger partial charge in [-0.15, -0.1) is 0 Å². The van der Waals surface area contributed by atoms with Crippen molar-refractivity contribution in [3.05, 3.63) is 59.1 Å². The molecule has 1 fully saturated rings. The van der Waals surface area contributed by atoms with E-state index in [-0.39, 0.29) is 5.75 Å². The zero-order chi connectivity index (χ0) is 20.2. The molecule has 2 aromatic carbocycles. The summed E-state index contributed by atoms with van der Waals surface area (Å²) in [5.41, 5.74) is 2.00. The molecule has 5 nitrogen and oxygen atoms in total. The van der Waals surface area contributed by atoms with E-state index in [2.05, 4.69) is 16.3 Å². The lowest BCUT2D eigenvalue weighted by Gasteiger charge is -2.32. The number of nitrogens with zero attached hydrogens (tertiary/aromatic N) is 2. The molecule has 0 radical (unpaired) electrons. The van der Waals surface area contributed by atoms with Crippen molar-refractivity contribution in [2.45, 2.75) is 32.4 Å². The molecule has 1 aliphatic rings. The highest BCUT2D eigenvalue weighted by Crippen LogP contribution is 2.28. The van der Waals surface area contributed by atoms with E-state index in [4.69, 9.17) is 21.3 Å². The summed E-state index contributed by atoms with van der Waals surface area (Å²) in [6.45, 7) is 5.34. The Bertz CT molecular complexity index is 987. The van der Waals surface area contributed by atoms with E-state index in [1.165, 1.54) is 0 Å². The van der Waals surface area contributed by atoms with Gasteiger partial charge in [-0.2, -0.15) is 0 Å². The molecule has 0 bridgehead atoms. The van der Waals surface area contributed by atoms with Crippen molar-refractivity contribution in [1.29, 1.82) is 0 Å². The maximum absolute atomic E-state index is 9.87. The highest BCUT2D eigenvalue weighted by atomic mass is 35.5. The van der Waals surface area contributed by atoms with Crippen molar-refractivity contribution in [2.24, 2.45) is 0 Å². The van der Waals surface area contributed by atoms with Crippen molar-refractivity contribution >= 4 is 28.3 Å². The van der Waals surface area contributed by atoms with E-state index in [0.717, 1.165) is 54.8 Å². The number of rotatable bonds is 6. The van der Waals surface area contributed by atoms with Crippen molar-refractivity contribution < 1.29 is 9.84 Å². The Morgan fingerprint density at radius 2 is 2.00 bits per heavy atom. The summed E-state index contributed by atoms with van der Waals surface area (Å²) >= 11 is 6.29. The molecule has 1 saturated heterocycles. The first kappa shape index (κ1) is 19.8. The number of aromatic hydroxyl groups is 1. The maximum Gasteiger partial charge on any atom is 0.161 e. The molecule has 2 N–H and O–H groups in total. The topological polar surface area (TPSA) is 57.6 Å². The summed E-state index contributed by atoms with van der Waals surface area (Å²) in [5, 5.41) is 15.2. The van der Waals surface area contributed by atoms with Gasteiger partial charge in [0.2, 0.25) is 0 Å². The Kier molecular flexibility index (Phi) is 6.07. The Morgan fingerprint density at radius 1 is 1.17 bits per heavy atom. The molecule has 0 aliphatic carbocycles. The number of aromatic nitrogens is 1. The molecule has 6 heteroatoms. The van der Waals surface area contributed by atoms with Gasteiger partial charge in [-0.25, -0.2) is 4.98 Å². The Labute approximate surface area is 176 Å². The number of hydrogen-bond acceptors (Lipinski definition) is 5. The van der Waals surface area contributed by atoms with Gasteiger partial charge in [0.1, 0.15) is 5.82 Å². The van der Waals surface area contributed by atoms with Crippen LogP contribution < -0.4 is 10.1 Å².